The maximum atomic E-state index is 12.1. The quantitative estimate of drug-likeness (QED) is 0.779. The Morgan fingerprint density at radius 1 is 1.42 bits per heavy atom. The number of carbonyl (C=O) groups excluding carboxylic acids is 3. The van der Waals surface area contributed by atoms with E-state index in [1.54, 1.807) is 23.1 Å². The van der Waals surface area contributed by atoms with Gasteiger partial charge in [-0.05, 0) is 18.6 Å². The van der Waals surface area contributed by atoms with Crippen LogP contribution in [0.3, 0.4) is 0 Å². The number of fused-ring (bicyclic) bond motifs is 1. The number of nitrogens with zero attached hydrogens (tertiary/aromatic N) is 2. The number of amides is 3. The lowest BCUT2D eigenvalue weighted by Crippen LogP contribution is -2.42. The van der Waals surface area contributed by atoms with Gasteiger partial charge in [0.2, 0.25) is 12.3 Å². The summed E-state index contributed by atoms with van der Waals surface area (Å²) < 4.78 is 11.1. The second-order valence-corrected chi connectivity index (χ2v) is 6.47. The molecule has 2 aliphatic rings. The SMILES string of the molecule is CCCC1COc2cc(N3C[C@H](CNC(C)=O)OC3=O)ccc2N1C=O. The first-order valence-corrected chi connectivity index (χ1v) is 8.76. The van der Waals surface area contributed by atoms with E-state index in [1.165, 1.54) is 11.8 Å². The molecule has 0 aromatic heterocycles. The summed E-state index contributed by atoms with van der Waals surface area (Å²) in [6.07, 6.45) is 1.79. The molecule has 2 aliphatic heterocycles. The number of cyclic esters (lactones) is 1. The molecule has 1 saturated heterocycles. The predicted molar refractivity (Wildman–Crippen MR) is 95.5 cm³/mol. The van der Waals surface area contributed by atoms with Gasteiger partial charge in [0, 0.05) is 13.0 Å². The molecule has 2 heterocycles. The summed E-state index contributed by atoms with van der Waals surface area (Å²) >= 11 is 0. The Labute approximate surface area is 152 Å². The maximum Gasteiger partial charge on any atom is 0.414 e. The molecule has 1 N–H and O–H groups in total. The fourth-order valence-corrected chi connectivity index (χ4v) is 3.26. The van der Waals surface area contributed by atoms with Crippen LogP contribution in [0, 0.1) is 0 Å². The minimum absolute atomic E-state index is 0.0228. The first-order valence-electron chi connectivity index (χ1n) is 8.76. The maximum absolute atomic E-state index is 12.1. The fraction of sp³-hybridized carbons (Fsp3) is 0.500. The van der Waals surface area contributed by atoms with Crippen LogP contribution < -0.4 is 19.9 Å². The van der Waals surface area contributed by atoms with Crippen molar-refractivity contribution < 1.29 is 23.9 Å². The van der Waals surface area contributed by atoms with Crippen LogP contribution >= 0.6 is 0 Å². The van der Waals surface area contributed by atoms with E-state index in [4.69, 9.17) is 9.47 Å². The number of rotatable bonds is 6. The lowest BCUT2D eigenvalue weighted by atomic mass is 10.1. The zero-order valence-corrected chi connectivity index (χ0v) is 14.9. The number of benzene rings is 1. The van der Waals surface area contributed by atoms with Gasteiger partial charge in [-0.2, -0.15) is 0 Å². The van der Waals surface area contributed by atoms with E-state index >= 15 is 0 Å². The zero-order valence-electron chi connectivity index (χ0n) is 14.9. The summed E-state index contributed by atoms with van der Waals surface area (Å²) in [5.74, 6) is 0.400. The molecule has 2 atom stereocenters. The van der Waals surface area contributed by atoms with Crippen molar-refractivity contribution in [1.29, 1.82) is 0 Å². The summed E-state index contributed by atoms with van der Waals surface area (Å²) in [6, 6.07) is 5.33. The Hall–Kier alpha value is -2.77. The topological polar surface area (TPSA) is 88.2 Å². The lowest BCUT2D eigenvalue weighted by Gasteiger charge is -2.34. The predicted octanol–water partition coefficient (Wildman–Crippen LogP) is 1.67. The van der Waals surface area contributed by atoms with Crippen molar-refractivity contribution in [2.45, 2.75) is 38.8 Å². The van der Waals surface area contributed by atoms with Crippen LogP contribution in [0.4, 0.5) is 16.2 Å². The van der Waals surface area contributed by atoms with Crippen LogP contribution in [0.5, 0.6) is 5.75 Å². The highest BCUT2D eigenvalue weighted by Crippen LogP contribution is 2.38. The van der Waals surface area contributed by atoms with Gasteiger partial charge in [0.15, 0.2) is 0 Å². The second kappa shape index (κ2) is 7.63. The zero-order chi connectivity index (χ0) is 18.7. The van der Waals surface area contributed by atoms with Gasteiger partial charge in [-0.25, -0.2) is 4.79 Å². The van der Waals surface area contributed by atoms with E-state index in [0.29, 0.717) is 30.3 Å². The lowest BCUT2D eigenvalue weighted by molar-refractivity contribution is -0.119. The monoisotopic (exact) mass is 361 g/mol. The molecular formula is C18H23N3O5. The highest BCUT2D eigenvalue weighted by atomic mass is 16.6. The Kier molecular flexibility index (Phi) is 5.29. The summed E-state index contributed by atoms with van der Waals surface area (Å²) in [6.45, 7) is 4.53. The van der Waals surface area contributed by atoms with Crippen molar-refractivity contribution >= 4 is 29.8 Å². The smallest absolute Gasteiger partial charge is 0.414 e. The molecule has 0 aliphatic carbocycles. The highest BCUT2D eigenvalue weighted by Gasteiger charge is 2.34. The van der Waals surface area contributed by atoms with E-state index in [-0.39, 0.29) is 18.5 Å². The Morgan fingerprint density at radius 3 is 2.92 bits per heavy atom. The van der Waals surface area contributed by atoms with Gasteiger partial charge in [0.1, 0.15) is 18.5 Å². The van der Waals surface area contributed by atoms with E-state index in [1.807, 2.05) is 0 Å². The van der Waals surface area contributed by atoms with Crippen LogP contribution in [-0.2, 0) is 14.3 Å². The van der Waals surface area contributed by atoms with Gasteiger partial charge in [-0.3, -0.25) is 14.5 Å². The molecule has 1 aromatic rings. The third-order valence-corrected chi connectivity index (χ3v) is 4.55. The van der Waals surface area contributed by atoms with Crippen LogP contribution in [0.2, 0.25) is 0 Å². The second-order valence-electron chi connectivity index (χ2n) is 6.47. The van der Waals surface area contributed by atoms with Crippen molar-refractivity contribution in [3.05, 3.63) is 18.2 Å². The summed E-state index contributed by atoms with van der Waals surface area (Å²) in [5, 5.41) is 2.65. The minimum Gasteiger partial charge on any atom is -0.489 e. The van der Waals surface area contributed by atoms with Gasteiger partial charge in [0.25, 0.3) is 0 Å². The minimum atomic E-state index is -0.466. The molecular weight excluding hydrogens is 338 g/mol. The normalized spacial score (nSPS) is 21.7. The first kappa shape index (κ1) is 18.0. The van der Waals surface area contributed by atoms with Crippen LogP contribution in [0.1, 0.15) is 26.7 Å². The van der Waals surface area contributed by atoms with Gasteiger partial charge in [-0.15, -0.1) is 0 Å². The molecule has 8 heteroatoms. The average Bonchev–Trinajstić information content (AvgIpc) is 3.00. The van der Waals surface area contributed by atoms with Gasteiger partial charge < -0.3 is 19.7 Å². The van der Waals surface area contributed by atoms with Crippen molar-refractivity contribution in [3.63, 3.8) is 0 Å². The van der Waals surface area contributed by atoms with E-state index in [2.05, 4.69) is 12.2 Å². The number of ether oxygens (including phenoxy) is 2. The summed E-state index contributed by atoms with van der Waals surface area (Å²) in [7, 11) is 0. The van der Waals surface area contributed by atoms with Crippen molar-refractivity contribution in [2.75, 3.05) is 29.5 Å². The largest absolute Gasteiger partial charge is 0.489 e. The number of hydrogen-bond acceptors (Lipinski definition) is 5. The van der Waals surface area contributed by atoms with E-state index < -0.39 is 12.2 Å². The first-order chi connectivity index (χ1) is 12.5. The molecule has 3 amide bonds. The van der Waals surface area contributed by atoms with Crippen molar-refractivity contribution in [2.24, 2.45) is 0 Å². The highest BCUT2D eigenvalue weighted by molar-refractivity contribution is 5.91. The third kappa shape index (κ3) is 3.58. The number of carbonyl (C=O) groups is 3. The molecule has 140 valence electrons. The van der Waals surface area contributed by atoms with E-state index in [9.17, 15) is 14.4 Å². The number of anilines is 2. The van der Waals surface area contributed by atoms with Crippen LogP contribution in [0.25, 0.3) is 0 Å². The summed E-state index contributed by atoms with van der Waals surface area (Å²) in [5.41, 5.74) is 1.34. The molecule has 0 bridgehead atoms. The number of nitrogens with one attached hydrogen (secondary N) is 1. The average molecular weight is 361 g/mol. The summed E-state index contributed by atoms with van der Waals surface area (Å²) in [4.78, 5) is 37.9. The molecule has 1 unspecified atom stereocenters. The van der Waals surface area contributed by atoms with Gasteiger partial charge in [0.05, 0.1) is 30.5 Å². The van der Waals surface area contributed by atoms with Gasteiger partial charge >= 0.3 is 6.09 Å². The molecule has 26 heavy (non-hydrogen) atoms. The molecule has 1 aromatic carbocycles. The molecule has 3 rings (SSSR count). The van der Waals surface area contributed by atoms with Crippen LogP contribution in [0.15, 0.2) is 18.2 Å². The Morgan fingerprint density at radius 2 is 2.23 bits per heavy atom. The molecule has 8 nitrogen and oxygen atoms in total. The molecule has 1 fully saturated rings. The van der Waals surface area contributed by atoms with Crippen molar-refractivity contribution in [3.8, 4) is 5.75 Å². The van der Waals surface area contributed by atoms with Crippen LogP contribution in [-0.4, -0.2) is 50.3 Å². The molecule has 0 radical (unpaired) electrons. The molecule has 0 saturated carbocycles. The van der Waals surface area contributed by atoms with Gasteiger partial charge in [-0.1, -0.05) is 13.3 Å². The standard InChI is InChI=1S/C18H23N3O5/c1-3-4-14-10-25-17-7-13(5-6-16(17)21(14)11-22)20-9-15(26-18(20)24)8-19-12(2)23/h5-7,11,14-15H,3-4,8-10H2,1-2H3,(H,19,23)/t14?,15-/m0/s1. The fourth-order valence-electron chi connectivity index (χ4n) is 3.26. The third-order valence-electron chi connectivity index (χ3n) is 4.55. The Bertz CT molecular complexity index is 708. The Balaban J connectivity index is 1.76. The molecule has 0 spiro atoms. The number of hydrogen-bond donors (Lipinski definition) is 1. The van der Waals surface area contributed by atoms with E-state index in [0.717, 1.165) is 19.3 Å². The van der Waals surface area contributed by atoms with Crippen molar-refractivity contribution in [1.82, 2.24) is 5.32 Å².